The van der Waals surface area contributed by atoms with Gasteiger partial charge in [0.05, 0.1) is 45.2 Å². The first-order valence-electron chi connectivity index (χ1n) is 21.9. The Kier molecular flexibility index (Phi) is 13.4. The minimum Gasteiger partial charge on any atom is -0.255 e. The summed E-state index contributed by atoms with van der Waals surface area (Å²) in [4.78, 5) is 35.1. The summed E-state index contributed by atoms with van der Waals surface area (Å²) in [7, 11) is 0. The third-order valence-electron chi connectivity index (χ3n) is 11.1. The lowest BCUT2D eigenvalue weighted by Gasteiger charge is -2.16. The fourth-order valence-electron chi connectivity index (χ4n) is 7.92. The van der Waals surface area contributed by atoms with Crippen molar-refractivity contribution in [2.75, 3.05) is 0 Å². The molecule has 0 saturated carbocycles. The van der Waals surface area contributed by atoms with Gasteiger partial charge in [0.1, 0.15) is 0 Å². The van der Waals surface area contributed by atoms with Crippen LogP contribution in [0.1, 0.15) is 22.3 Å². The molecule has 0 N–H and O–H groups in total. The van der Waals surface area contributed by atoms with Gasteiger partial charge in [0.25, 0.3) is 0 Å². The Hall–Kier alpha value is -8.62. The molecule has 0 atom stereocenters. The monoisotopic (exact) mass is 854 g/mol. The standard InChI is InChI=1S/C24H16N2.C12H10N2.C12H12N2.C10H8N2/c1-3-7-17(8-4-1)19-13-15-25-23-21(19)11-12-22-20(14-16-26-24(22)23)18-9-5-2-6-10-18;1-3-9-5-6-10-4-2-8-14-12(10)11(9)13-7-1;1-9-3-5-13-11(7-9)12-8-10(2)4-6-14-12;1-3-7-11-9(5-1)10-6-2-4-8-12-10/h1-16H;1-4,7-8H,5-6H2;3-8H,1-2H3;1-8H. The highest BCUT2D eigenvalue weighted by molar-refractivity contribution is 6.11. The number of aromatic nitrogens is 8. The first-order chi connectivity index (χ1) is 32.6. The molecule has 8 nitrogen and oxygen atoms in total. The quantitative estimate of drug-likeness (QED) is 0.161. The maximum absolute atomic E-state index is 4.67. The molecule has 8 heterocycles. The number of nitrogens with zero attached hydrogens (tertiary/aromatic N) is 8. The molecule has 0 aliphatic heterocycles. The Morgan fingerprint density at radius 2 is 0.697 bits per heavy atom. The largest absolute Gasteiger partial charge is 0.255 e. The van der Waals surface area contributed by atoms with Gasteiger partial charge in [-0.2, -0.15) is 0 Å². The van der Waals surface area contributed by atoms with Crippen molar-refractivity contribution in [1.29, 1.82) is 0 Å². The zero-order valence-electron chi connectivity index (χ0n) is 36.8. The Morgan fingerprint density at radius 3 is 1.11 bits per heavy atom. The van der Waals surface area contributed by atoms with Crippen molar-refractivity contribution in [1.82, 2.24) is 39.9 Å². The second kappa shape index (κ2) is 20.7. The lowest BCUT2D eigenvalue weighted by atomic mass is 9.93. The maximum atomic E-state index is 4.67. The lowest BCUT2D eigenvalue weighted by Crippen LogP contribution is -2.06. The summed E-state index contributed by atoms with van der Waals surface area (Å²) >= 11 is 0. The molecule has 1 aliphatic carbocycles. The number of benzene rings is 3. The predicted molar refractivity (Wildman–Crippen MR) is 267 cm³/mol. The first kappa shape index (κ1) is 42.7. The van der Waals surface area contributed by atoms with Crippen LogP contribution in [0.5, 0.6) is 0 Å². The van der Waals surface area contributed by atoms with Gasteiger partial charge in [0.2, 0.25) is 0 Å². The van der Waals surface area contributed by atoms with E-state index in [0.29, 0.717) is 0 Å². The van der Waals surface area contributed by atoms with Crippen LogP contribution in [0, 0.1) is 13.8 Å². The second-order valence-electron chi connectivity index (χ2n) is 15.7. The van der Waals surface area contributed by atoms with Crippen LogP contribution in [-0.2, 0) is 12.8 Å². The highest BCUT2D eigenvalue weighted by Crippen LogP contribution is 2.35. The van der Waals surface area contributed by atoms with Crippen LogP contribution in [0.2, 0.25) is 0 Å². The normalized spacial score (nSPS) is 11.1. The number of pyridine rings is 8. The molecule has 0 spiro atoms. The van der Waals surface area contributed by atoms with Crippen LogP contribution in [0.4, 0.5) is 0 Å². The van der Waals surface area contributed by atoms with E-state index < -0.39 is 0 Å². The average molecular weight is 855 g/mol. The zero-order valence-corrected chi connectivity index (χ0v) is 36.8. The molecule has 8 heteroatoms. The summed E-state index contributed by atoms with van der Waals surface area (Å²) in [5.41, 5.74) is 17.5. The number of fused-ring (bicyclic) bond motifs is 6. The van der Waals surface area contributed by atoms with Gasteiger partial charge in [0, 0.05) is 60.3 Å². The van der Waals surface area contributed by atoms with Gasteiger partial charge in [-0.25, -0.2) is 0 Å². The molecule has 11 aromatic rings. The minimum atomic E-state index is 0.915. The van der Waals surface area contributed by atoms with E-state index in [4.69, 9.17) is 0 Å². The number of aryl methyl sites for hydroxylation is 4. The van der Waals surface area contributed by atoms with E-state index >= 15 is 0 Å². The molecule has 0 amide bonds. The smallest absolute Gasteiger partial charge is 0.0970 e. The molecule has 0 saturated heterocycles. The first-order valence-corrected chi connectivity index (χ1v) is 21.9. The molecule has 0 radical (unpaired) electrons. The van der Waals surface area contributed by atoms with Crippen molar-refractivity contribution < 1.29 is 0 Å². The van der Waals surface area contributed by atoms with Gasteiger partial charge in [-0.05, 0) is 144 Å². The number of hydrogen-bond acceptors (Lipinski definition) is 8. The number of hydrogen-bond donors (Lipinski definition) is 0. The third kappa shape index (κ3) is 10.1. The summed E-state index contributed by atoms with van der Waals surface area (Å²) < 4.78 is 0. The second-order valence-corrected chi connectivity index (χ2v) is 15.7. The van der Waals surface area contributed by atoms with E-state index in [2.05, 4.69) is 139 Å². The molecular formula is C58H46N8. The van der Waals surface area contributed by atoms with E-state index in [0.717, 1.165) is 68.8 Å². The van der Waals surface area contributed by atoms with E-state index in [9.17, 15) is 0 Å². The van der Waals surface area contributed by atoms with Gasteiger partial charge in [-0.3, -0.25) is 39.9 Å². The summed E-state index contributed by atoms with van der Waals surface area (Å²) in [6.45, 7) is 4.11. The SMILES string of the molecule is Cc1ccnc(-c2cc(C)ccn2)c1.c1ccc(-c2ccccn2)nc1.c1ccc(-c2ccnc3c2ccc2c(-c4ccccc4)ccnc23)cc1.c1cnc2c(c1)CCc1cccnc1-2. The molecule has 0 fully saturated rings. The van der Waals surface area contributed by atoms with Gasteiger partial charge >= 0.3 is 0 Å². The van der Waals surface area contributed by atoms with Crippen LogP contribution in [-0.4, -0.2) is 39.9 Å². The van der Waals surface area contributed by atoms with Crippen molar-refractivity contribution in [3.63, 3.8) is 0 Å². The third-order valence-corrected chi connectivity index (χ3v) is 11.1. The average Bonchev–Trinajstić information content (AvgIpc) is 3.40. The van der Waals surface area contributed by atoms with Crippen LogP contribution in [0.15, 0.2) is 219 Å². The van der Waals surface area contributed by atoms with Crippen LogP contribution < -0.4 is 0 Å². The molecule has 3 aromatic carbocycles. The zero-order chi connectivity index (χ0) is 44.9. The topological polar surface area (TPSA) is 103 Å². The summed E-state index contributed by atoms with van der Waals surface area (Å²) in [5, 5.41) is 2.26. The highest BCUT2D eigenvalue weighted by atomic mass is 14.8. The van der Waals surface area contributed by atoms with Gasteiger partial charge < -0.3 is 0 Å². The molecule has 8 aromatic heterocycles. The van der Waals surface area contributed by atoms with E-state index in [1.165, 1.54) is 44.5 Å². The Morgan fingerprint density at radius 1 is 0.303 bits per heavy atom. The molecule has 1 aliphatic rings. The van der Waals surface area contributed by atoms with Crippen LogP contribution in [0.3, 0.4) is 0 Å². The summed E-state index contributed by atoms with van der Waals surface area (Å²) in [6, 6.07) is 57.3. The van der Waals surface area contributed by atoms with E-state index in [1.807, 2.05) is 122 Å². The van der Waals surface area contributed by atoms with Crippen molar-refractivity contribution >= 4 is 21.8 Å². The van der Waals surface area contributed by atoms with Gasteiger partial charge in [0.15, 0.2) is 0 Å². The maximum Gasteiger partial charge on any atom is 0.0970 e. The van der Waals surface area contributed by atoms with Gasteiger partial charge in [-0.1, -0.05) is 97.1 Å². The van der Waals surface area contributed by atoms with E-state index in [1.54, 1.807) is 12.4 Å². The fourth-order valence-corrected chi connectivity index (χ4v) is 7.92. The molecular weight excluding hydrogens is 809 g/mol. The molecule has 12 rings (SSSR count). The molecule has 0 unspecified atom stereocenters. The fraction of sp³-hybridized carbons (Fsp3) is 0.0690. The molecule has 318 valence electrons. The predicted octanol–water partition coefficient (Wildman–Crippen LogP) is 13.3. The summed E-state index contributed by atoms with van der Waals surface area (Å²) in [5.74, 6) is 0. The summed E-state index contributed by atoms with van der Waals surface area (Å²) in [6.07, 6.45) is 16.8. The Labute approximate surface area is 384 Å². The Balaban J connectivity index is 0.000000117. The number of rotatable bonds is 4. The minimum absolute atomic E-state index is 0.915. The lowest BCUT2D eigenvalue weighted by molar-refractivity contribution is 0.912. The van der Waals surface area contributed by atoms with Crippen molar-refractivity contribution in [3.05, 3.63) is 242 Å². The van der Waals surface area contributed by atoms with Crippen LogP contribution >= 0.6 is 0 Å². The van der Waals surface area contributed by atoms with Crippen molar-refractivity contribution in [2.24, 2.45) is 0 Å². The van der Waals surface area contributed by atoms with E-state index in [-0.39, 0.29) is 0 Å². The van der Waals surface area contributed by atoms with Crippen LogP contribution in [0.25, 0.3) is 78.2 Å². The highest BCUT2D eigenvalue weighted by Gasteiger charge is 2.17. The molecule has 0 bridgehead atoms. The van der Waals surface area contributed by atoms with Crippen molar-refractivity contribution in [2.45, 2.75) is 26.7 Å². The molecule has 66 heavy (non-hydrogen) atoms. The van der Waals surface area contributed by atoms with Crippen molar-refractivity contribution in [3.8, 4) is 56.4 Å². The Bertz CT molecular complexity index is 3100. The van der Waals surface area contributed by atoms with Gasteiger partial charge in [-0.15, -0.1) is 0 Å².